The summed E-state index contributed by atoms with van der Waals surface area (Å²) in [5.74, 6) is -0.974. The van der Waals surface area contributed by atoms with Gasteiger partial charge in [-0.15, -0.1) is 0 Å². The van der Waals surface area contributed by atoms with Crippen LogP contribution in [0.4, 0.5) is 4.79 Å². The molecule has 26 heavy (non-hydrogen) atoms. The van der Waals surface area contributed by atoms with E-state index in [1.165, 1.54) is 6.26 Å². The third kappa shape index (κ3) is 5.08. The predicted octanol–water partition coefficient (Wildman–Crippen LogP) is 2.62. The first kappa shape index (κ1) is 19.5. The number of rotatable bonds is 6. The molecule has 2 rings (SSSR count). The van der Waals surface area contributed by atoms with Gasteiger partial charge in [-0.1, -0.05) is 26.0 Å². The fourth-order valence-electron chi connectivity index (χ4n) is 2.38. The van der Waals surface area contributed by atoms with E-state index in [1.807, 2.05) is 39.8 Å². The summed E-state index contributed by atoms with van der Waals surface area (Å²) in [5, 5.41) is 5.50. The Hall–Kier alpha value is -2.83. The molecule has 1 aromatic heterocycles. The highest BCUT2D eigenvalue weighted by atomic mass is 16.5. The number of carbonyl (C=O) groups excluding carboxylic acids is 3. The molecule has 140 valence electrons. The first-order valence-corrected chi connectivity index (χ1v) is 8.47. The van der Waals surface area contributed by atoms with Gasteiger partial charge in [-0.05, 0) is 30.9 Å². The molecule has 0 fully saturated rings. The largest absolute Gasteiger partial charge is 0.464 e. The smallest absolute Gasteiger partial charge is 0.321 e. The van der Waals surface area contributed by atoms with Gasteiger partial charge in [0, 0.05) is 17.5 Å². The van der Waals surface area contributed by atoms with Crippen LogP contribution in [0.25, 0.3) is 11.0 Å². The van der Waals surface area contributed by atoms with Gasteiger partial charge < -0.3 is 14.5 Å². The van der Waals surface area contributed by atoms with Crippen molar-refractivity contribution in [3.63, 3.8) is 0 Å². The Bertz CT molecular complexity index is 823. The molecule has 0 saturated heterocycles. The number of carbonyl (C=O) groups is 3. The zero-order valence-electron chi connectivity index (χ0n) is 15.5. The van der Waals surface area contributed by atoms with Crippen molar-refractivity contribution in [1.29, 1.82) is 0 Å². The fourth-order valence-corrected chi connectivity index (χ4v) is 2.38. The summed E-state index contributed by atoms with van der Waals surface area (Å²) in [6.07, 6.45) is 1.51. The maximum atomic E-state index is 12.0. The van der Waals surface area contributed by atoms with E-state index in [0.29, 0.717) is 12.1 Å². The molecule has 3 amide bonds. The van der Waals surface area contributed by atoms with E-state index in [-0.39, 0.29) is 12.3 Å². The van der Waals surface area contributed by atoms with E-state index in [4.69, 9.17) is 9.15 Å². The van der Waals surface area contributed by atoms with Crippen molar-refractivity contribution >= 4 is 28.9 Å². The van der Waals surface area contributed by atoms with Crippen molar-refractivity contribution in [2.75, 3.05) is 13.2 Å². The van der Waals surface area contributed by atoms with E-state index in [1.54, 1.807) is 0 Å². The summed E-state index contributed by atoms with van der Waals surface area (Å²) < 4.78 is 10.5. The van der Waals surface area contributed by atoms with Gasteiger partial charge in [0.15, 0.2) is 6.61 Å². The summed E-state index contributed by atoms with van der Waals surface area (Å²) >= 11 is 0. The molecule has 0 saturated carbocycles. The molecule has 0 atom stereocenters. The summed E-state index contributed by atoms with van der Waals surface area (Å²) in [6.45, 7) is 7.75. The quantitative estimate of drug-likeness (QED) is 0.772. The lowest BCUT2D eigenvalue weighted by Gasteiger charge is -2.08. The van der Waals surface area contributed by atoms with Crippen LogP contribution in [0.2, 0.25) is 0 Å². The second kappa shape index (κ2) is 8.51. The highest BCUT2D eigenvalue weighted by Gasteiger charge is 2.15. The first-order chi connectivity index (χ1) is 12.3. The molecule has 0 aliphatic rings. The summed E-state index contributed by atoms with van der Waals surface area (Å²) in [4.78, 5) is 35.1. The normalized spacial score (nSPS) is 10.8. The number of urea groups is 1. The SMILES string of the molecule is Cc1ccc2c(CC(=O)OCC(=O)NC(=O)NCC(C)C)coc2c1C. The van der Waals surface area contributed by atoms with Gasteiger partial charge in [0.1, 0.15) is 5.58 Å². The Balaban J connectivity index is 1.85. The van der Waals surface area contributed by atoms with Crippen molar-refractivity contribution in [3.8, 4) is 0 Å². The minimum absolute atomic E-state index is 0.0116. The van der Waals surface area contributed by atoms with Crippen LogP contribution < -0.4 is 10.6 Å². The van der Waals surface area contributed by atoms with Gasteiger partial charge in [-0.3, -0.25) is 14.9 Å². The fraction of sp³-hybridized carbons (Fsp3) is 0.421. The molecule has 7 nitrogen and oxygen atoms in total. The molecule has 0 bridgehead atoms. The third-order valence-electron chi connectivity index (χ3n) is 3.96. The van der Waals surface area contributed by atoms with Crippen LogP contribution in [0.5, 0.6) is 0 Å². The zero-order valence-corrected chi connectivity index (χ0v) is 15.5. The maximum Gasteiger partial charge on any atom is 0.321 e. The Morgan fingerprint density at radius 2 is 1.92 bits per heavy atom. The Labute approximate surface area is 152 Å². The lowest BCUT2D eigenvalue weighted by molar-refractivity contribution is -0.147. The van der Waals surface area contributed by atoms with Crippen LogP contribution in [0.1, 0.15) is 30.5 Å². The number of amides is 3. The van der Waals surface area contributed by atoms with Gasteiger partial charge in [0.25, 0.3) is 5.91 Å². The molecule has 0 aliphatic heterocycles. The molecule has 7 heteroatoms. The number of hydrogen-bond donors (Lipinski definition) is 2. The number of ether oxygens (including phenoxy) is 1. The van der Waals surface area contributed by atoms with E-state index in [2.05, 4.69) is 10.6 Å². The van der Waals surface area contributed by atoms with E-state index in [0.717, 1.165) is 22.1 Å². The van der Waals surface area contributed by atoms with Gasteiger partial charge >= 0.3 is 12.0 Å². The lowest BCUT2D eigenvalue weighted by Crippen LogP contribution is -2.42. The van der Waals surface area contributed by atoms with Gasteiger partial charge in [-0.25, -0.2) is 4.79 Å². The lowest BCUT2D eigenvalue weighted by atomic mass is 10.0. The molecule has 1 heterocycles. The van der Waals surface area contributed by atoms with Crippen molar-refractivity contribution in [3.05, 3.63) is 35.1 Å². The molecule has 0 spiro atoms. The third-order valence-corrected chi connectivity index (χ3v) is 3.96. The van der Waals surface area contributed by atoms with E-state index in [9.17, 15) is 14.4 Å². The Morgan fingerprint density at radius 3 is 2.62 bits per heavy atom. The number of esters is 1. The molecule has 0 unspecified atom stereocenters. The second-order valence-corrected chi connectivity index (χ2v) is 6.63. The van der Waals surface area contributed by atoms with E-state index >= 15 is 0 Å². The topological polar surface area (TPSA) is 97.6 Å². The summed E-state index contributed by atoms with van der Waals surface area (Å²) in [5.41, 5.74) is 3.57. The van der Waals surface area contributed by atoms with Crippen molar-refractivity contribution in [2.45, 2.75) is 34.1 Å². The molecule has 0 radical (unpaired) electrons. The molecule has 2 aromatic rings. The average molecular weight is 360 g/mol. The molecular weight excluding hydrogens is 336 g/mol. The minimum Gasteiger partial charge on any atom is -0.464 e. The van der Waals surface area contributed by atoms with Crippen molar-refractivity contribution in [2.24, 2.45) is 5.92 Å². The highest BCUT2D eigenvalue weighted by Crippen LogP contribution is 2.26. The molecule has 0 aliphatic carbocycles. The average Bonchev–Trinajstić information content (AvgIpc) is 2.98. The zero-order chi connectivity index (χ0) is 19.3. The predicted molar refractivity (Wildman–Crippen MR) is 96.7 cm³/mol. The van der Waals surface area contributed by atoms with Crippen LogP contribution in [0, 0.1) is 19.8 Å². The van der Waals surface area contributed by atoms with Crippen LogP contribution in [-0.2, 0) is 20.7 Å². The van der Waals surface area contributed by atoms with Gasteiger partial charge in [0.05, 0.1) is 12.7 Å². The summed E-state index contributed by atoms with van der Waals surface area (Å²) in [7, 11) is 0. The number of imide groups is 1. The van der Waals surface area contributed by atoms with Gasteiger partial charge in [-0.2, -0.15) is 0 Å². The number of benzene rings is 1. The molecule has 1 aromatic carbocycles. The second-order valence-electron chi connectivity index (χ2n) is 6.63. The standard InChI is InChI=1S/C19H24N2O5/c1-11(2)8-20-19(24)21-16(22)10-25-17(23)7-14-9-26-18-13(4)12(3)5-6-15(14)18/h5-6,9,11H,7-8,10H2,1-4H3,(H2,20,21,22,24). The highest BCUT2D eigenvalue weighted by molar-refractivity contribution is 5.95. The molecule has 2 N–H and O–H groups in total. The van der Waals surface area contributed by atoms with Crippen LogP contribution in [-0.4, -0.2) is 31.1 Å². The molecular formula is C19H24N2O5. The Kier molecular flexibility index (Phi) is 6.38. The monoisotopic (exact) mass is 360 g/mol. The van der Waals surface area contributed by atoms with E-state index < -0.39 is 24.5 Å². The minimum atomic E-state index is -0.678. The van der Waals surface area contributed by atoms with Crippen LogP contribution >= 0.6 is 0 Å². The number of fused-ring (bicyclic) bond motifs is 1. The number of aryl methyl sites for hydroxylation is 2. The van der Waals surface area contributed by atoms with Gasteiger partial charge in [0.2, 0.25) is 0 Å². The Morgan fingerprint density at radius 1 is 1.19 bits per heavy atom. The van der Waals surface area contributed by atoms with Crippen LogP contribution in [0.3, 0.4) is 0 Å². The number of furan rings is 1. The number of hydrogen-bond acceptors (Lipinski definition) is 5. The van der Waals surface area contributed by atoms with Crippen molar-refractivity contribution in [1.82, 2.24) is 10.6 Å². The van der Waals surface area contributed by atoms with Crippen LogP contribution in [0.15, 0.2) is 22.8 Å². The maximum absolute atomic E-state index is 12.0. The number of nitrogens with one attached hydrogen (secondary N) is 2. The van der Waals surface area contributed by atoms with Crippen molar-refractivity contribution < 1.29 is 23.5 Å². The first-order valence-electron chi connectivity index (χ1n) is 8.47. The summed E-state index contributed by atoms with van der Waals surface area (Å²) in [6, 6.07) is 3.26.